The van der Waals surface area contributed by atoms with Crippen molar-refractivity contribution < 1.29 is 24.2 Å². The van der Waals surface area contributed by atoms with E-state index in [9.17, 15) is 14.4 Å². The summed E-state index contributed by atoms with van der Waals surface area (Å²) in [5.74, 6) is -2.40. The van der Waals surface area contributed by atoms with Gasteiger partial charge in [0.15, 0.2) is 0 Å². The van der Waals surface area contributed by atoms with Crippen molar-refractivity contribution >= 4 is 17.8 Å². The lowest BCUT2D eigenvalue weighted by molar-refractivity contribution is -0.155. The Morgan fingerprint density at radius 1 is 1.24 bits per heavy atom. The van der Waals surface area contributed by atoms with E-state index in [0.29, 0.717) is 0 Å². The van der Waals surface area contributed by atoms with Gasteiger partial charge in [0.1, 0.15) is 11.6 Å². The second-order valence-corrected chi connectivity index (χ2v) is 6.30. The van der Waals surface area contributed by atoms with Crippen LogP contribution in [0.2, 0.25) is 0 Å². The molecule has 0 rings (SSSR count). The molecule has 0 aliphatic carbocycles. The number of hydrogen-bond donors (Lipinski definition) is 3. The predicted molar refractivity (Wildman–Crippen MR) is 77.5 cm³/mol. The molecule has 0 heterocycles. The van der Waals surface area contributed by atoms with Crippen LogP contribution in [0.5, 0.6) is 0 Å². The summed E-state index contributed by atoms with van der Waals surface area (Å²) in [7, 11) is 0. The van der Waals surface area contributed by atoms with Crippen molar-refractivity contribution in [2.45, 2.75) is 65.1 Å². The Morgan fingerprint density at radius 2 is 1.76 bits per heavy atom. The number of nitrogens with one attached hydrogen (secondary N) is 1. The molecule has 21 heavy (non-hydrogen) atoms. The zero-order chi connectivity index (χ0) is 16.8. The van der Waals surface area contributed by atoms with Crippen molar-refractivity contribution in [1.82, 2.24) is 5.32 Å². The second-order valence-electron chi connectivity index (χ2n) is 6.30. The van der Waals surface area contributed by atoms with Crippen LogP contribution in [0.15, 0.2) is 0 Å². The highest BCUT2D eigenvalue weighted by molar-refractivity contribution is 5.87. The van der Waals surface area contributed by atoms with E-state index in [-0.39, 0.29) is 18.8 Å². The number of carbonyl (C=O) groups excluding carboxylic acids is 2. The van der Waals surface area contributed by atoms with Gasteiger partial charge in [0, 0.05) is 6.42 Å². The fraction of sp³-hybridized carbons (Fsp3) is 0.786. The molecule has 4 N–H and O–H groups in total. The zero-order valence-corrected chi connectivity index (χ0v) is 13.3. The lowest BCUT2D eigenvalue weighted by atomic mass is 10.0. The van der Waals surface area contributed by atoms with Gasteiger partial charge in [-0.1, -0.05) is 13.8 Å². The molecule has 0 radical (unpaired) electrons. The Kier molecular flexibility index (Phi) is 7.35. The maximum absolute atomic E-state index is 11.8. The normalized spacial score (nSPS) is 14.4. The molecule has 0 unspecified atom stereocenters. The van der Waals surface area contributed by atoms with Gasteiger partial charge < -0.3 is 20.9 Å². The molecule has 0 bridgehead atoms. The fourth-order valence-corrected chi connectivity index (χ4v) is 1.57. The number of carbonyl (C=O) groups is 3. The van der Waals surface area contributed by atoms with Gasteiger partial charge in [-0.3, -0.25) is 9.59 Å². The highest BCUT2D eigenvalue weighted by atomic mass is 16.6. The molecule has 0 spiro atoms. The summed E-state index contributed by atoms with van der Waals surface area (Å²) in [4.78, 5) is 34.3. The molecule has 7 heteroatoms. The zero-order valence-electron chi connectivity index (χ0n) is 13.3. The van der Waals surface area contributed by atoms with Crippen molar-refractivity contribution in [3.05, 3.63) is 0 Å². The van der Waals surface area contributed by atoms with Gasteiger partial charge in [0.25, 0.3) is 0 Å². The third-order valence-electron chi connectivity index (χ3n) is 2.65. The molecule has 0 fully saturated rings. The van der Waals surface area contributed by atoms with Crippen LogP contribution >= 0.6 is 0 Å². The Balaban J connectivity index is 4.34. The molecule has 122 valence electrons. The molecule has 1 amide bonds. The lowest BCUT2D eigenvalue weighted by Crippen LogP contribution is -2.50. The third-order valence-corrected chi connectivity index (χ3v) is 2.65. The first-order valence-corrected chi connectivity index (χ1v) is 6.94. The number of carboxylic acids is 1. The van der Waals surface area contributed by atoms with E-state index in [2.05, 4.69) is 5.32 Å². The minimum atomic E-state index is -1.11. The smallest absolute Gasteiger partial charge is 0.326 e. The van der Waals surface area contributed by atoms with Crippen molar-refractivity contribution in [3.8, 4) is 0 Å². The standard InChI is InChI=1S/C14H26N2O5/c1-8(2)11(13(19)20)16-12(18)9(15)6-7-10(17)21-14(3,4)5/h8-9,11H,6-7,15H2,1-5H3,(H,16,18)(H,19,20)/t9-,11-/m0/s1. The van der Waals surface area contributed by atoms with Crippen molar-refractivity contribution in [1.29, 1.82) is 0 Å². The number of ether oxygens (including phenoxy) is 1. The quantitative estimate of drug-likeness (QED) is 0.594. The van der Waals surface area contributed by atoms with Crippen LogP contribution < -0.4 is 11.1 Å². The van der Waals surface area contributed by atoms with Gasteiger partial charge in [0.2, 0.25) is 5.91 Å². The van der Waals surface area contributed by atoms with E-state index < -0.39 is 35.5 Å². The summed E-state index contributed by atoms with van der Waals surface area (Å²) in [6, 6.07) is -1.94. The highest BCUT2D eigenvalue weighted by Crippen LogP contribution is 2.10. The molecule has 0 aliphatic rings. The SMILES string of the molecule is CC(C)[C@H](NC(=O)[C@@H](N)CCC(=O)OC(C)(C)C)C(=O)O. The van der Waals surface area contributed by atoms with Crippen LogP contribution in [0.3, 0.4) is 0 Å². The molecule has 2 atom stereocenters. The second kappa shape index (κ2) is 7.97. The fourth-order valence-electron chi connectivity index (χ4n) is 1.57. The molecule has 0 saturated carbocycles. The molecule has 0 aromatic carbocycles. The first kappa shape index (κ1) is 19.4. The minimum Gasteiger partial charge on any atom is -0.480 e. The Bertz CT molecular complexity index is 387. The van der Waals surface area contributed by atoms with Gasteiger partial charge in [-0.05, 0) is 33.1 Å². The number of hydrogen-bond acceptors (Lipinski definition) is 5. The lowest BCUT2D eigenvalue weighted by Gasteiger charge is -2.21. The highest BCUT2D eigenvalue weighted by Gasteiger charge is 2.26. The van der Waals surface area contributed by atoms with E-state index in [4.69, 9.17) is 15.6 Å². The summed E-state index contributed by atoms with van der Waals surface area (Å²) in [5, 5.41) is 11.4. The first-order valence-electron chi connectivity index (χ1n) is 6.94. The molecule has 0 aromatic heterocycles. The minimum absolute atomic E-state index is 0.00523. The van der Waals surface area contributed by atoms with Gasteiger partial charge in [0.05, 0.1) is 6.04 Å². The van der Waals surface area contributed by atoms with Crippen LogP contribution in [0.1, 0.15) is 47.5 Å². The predicted octanol–water partition coefficient (Wildman–Crippen LogP) is 0.661. The van der Waals surface area contributed by atoms with Crippen LogP contribution in [-0.4, -0.2) is 40.6 Å². The summed E-state index contributed by atoms with van der Waals surface area (Å²) in [6.45, 7) is 8.61. The Morgan fingerprint density at radius 3 is 2.14 bits per heavy atom. The van der Waals surface area contributed by atoms with Crippen LogP contribution in [-0.2, 0) is 19.1 Å². The molecule has 0 saturated heterocycles. The average Bonchev–Trinajstić information content (AvgIpc) is 2.29. The number of nitrogens with two attached hydrogens (primary N) is 1. The summed E-state index contributed by atoms with van der Waals surface area (Å²) >= 11 is 0. The number of esters is 1. The number of carboxylic acid groups (broad SMARTS) is 1. The molecule has 7 nitrogen and oxygen atoms in total. The monoisotopic (exact) mass is 302 g/mol. The Hall–Kier alpha value is -1.63. The van der Waals surface area contributed by atoms with Crippen molar-refractivity contribution in [2.75, 3.05) is 0 Å². The van der Waals surface area contributed by atoms with E-state index in [1.165, 1.54) is 0 Å². The number of rotatable bonds is 7. The number of amides is 1. The molecule has 0 aromatic rings. The van der Waals surface area contributed by atoms with E-state index >= 15 is 0 Å². The summed E-state index contributed by atoms with van der Waals surface area (Å²) < 4.78 is 5.11. The average molecular weight is 302 g/mol. The van der Waals surface area contributed by atoms with Crippen LogP contribution in [0.4, 0.5) is 0 Å². The Labute approximate surface area is 125 Å². The van der Waals surface area contributed by atoms with E-state index in [1.54, 1.807) is 34.6 Å². The van der Waals surface area contributed by atoms with Crippen molar-refractivity contribution in [3.63, 3.8) is 0 Å². The largest absolute Gasteiger partial charge is 0.480 e. The van der Waals surface area contributed by atoms with Gasteiger partial charge in [-0.2, -0.15) is 0 Å². The maximum atomic E-state index is 11.8. The van der Waals surface area contributed by atoms with Gasteiger partial charge in [-0.15, -0.1) is 0 Å². The molecule has 0 aliphatic heterocycles. The van der Waals surface area contributed by atoms with E-state index in [1.807, 2.05) is 0 Å². The van der Waals surface area contributed by atoms with Gasteiger partial charge >= 0.3 is 11.9 Å². The van der Waals surface area contributed by atoms with Crippen molar-refractivity contribution in [2.24, 2.45) is 11.7 Å². The maximum Gasteiger partial charge on any atom is 0.326 e. The summed E-state index contributed by atoms with van der Waals surface area (Å²) in [6.07, 6.45) is 0.108. The first-order chi connectivity index (χ1) is 9.44. The topological polar surface area (TPSA) is 119 Å². The van der Waals surface area contributed by atoms with Crippen LogP contribution in [0, 0.1) is 5.92 Å². The molecular formula is C14H26N2O5. The van der Waals surface area contributed by atoms with Gasteiger partial charge in [-0.25, -0.2) is 4.79 Å². The summed E-state index contributed by atoms with van der Waals surface area (Å²) in [5.41, 5.74) is 5.08. The third kappa shape index (κ3) is 8.29. The number of aliphatic carboxylic acids is 1. The van der Waals surface area contributed by atoms with Crippen LogP contribution in [0.25, 0.3) is 0 Å². The molecular weight excluding hydrogens is 276 g/mol. The van der Waals surface area contributed by atoms with E-state index in [0.717, 1.165) is 0 Å².